The van der Waals surface area contributed by atoms with E-state index in [0.29, 0.717) is 12.1 Å². The van der Waals surface area contributed by atoms with Crippen molar-refractivity contribution in [1.82, 2.24) is 20.1 Å². The lowest BCUT2D eigenvalue weighted by atomic mass is 10.2. The molecule has 0 amide bonds. The van der Waals surface area contributed by atoms with Gasteiger partial charge in [0.15, 0.2) is 5.82 Å². The highest BCUT2D eigenvalue weighted by molar-refractivity contribution is 5.36. The van der Waals surface area contributed by atoms with Crippen molar-refractivity contribution in [2.24, 2.45) is 0 Å². The maximum absolute atomic E-state index is 5.56. The molecule has 7 nitrogen and oxygen atoms in total. The summed E-state index contributed by atoms with van der Waals surface area (Å²) < 4.78 is 5.56. The fourth-order valence-corrected chi connectivity index (χ4v) is 2.08. The lowest BCUT2D eigenvalue weighted by Crippen LogP contribution is -2.20. The molecule has 1 aromatic rings. The molecular formula is C13H24N6O. The van der Waals surface area contributed by atoms with E-state index in [-0.39, 0.29) is 0 Å². The summed E-state index contributed by atoms with van der Waals surface area (Å²) in [5.41, 5.74) is 0. The number of nitrogens with zero attached hydrogens (tertiary/aromatic N) is 4. The summed E-state index contributed by atoms with van der Waals surface area (Å²) in [5.74, 6) is 1.31. The minimum atomic E-state index is 0.293. The average molecular weight is 280 g/mol. The Morgan fingerprint density at radius 3 is 3.05 bits per heavy atom. The van der Waals surface area contributed by atoms with Crippen LogP contribution in [0, 0.1) is 0 Å². The molecule has 0 radical (unpaired) electrons. The maximum atomic E-state index is 5.56. The molecule has 0 aliphatic carbocycles. The molecule has 20 heavy (non-hydrogen) atoms. The summed E-state index contributed by atoms with van der Waals surface area (Å²) in [6.45, 7) is 3.53. The average Bonchev–Trinajstić information content (AvgIpc) is 2.95. The van der Waals surface area contributed by atoms with Crippen LogP contribution in [0.25, 0.3) is 0 Å². The molecule has 1 unspecified atom stereocenters. The Balaban J connectivity index is 1.72. The monoisotopic (exact) mass is 280 g/mol. The van der Waals surface area contributed by atoms with Crippen LogP contribution in [0.4, 0.5) is 11.8 Å². The van der Waals surface area contributed by atoms with E-state index in [1.54, 1.807) is 6.20 Å². The topological polar surface area (TPSA) is 75.2 Å². The third-order valence-electron chi connectivity index (χ3n) is 3.16. The summed E-state index contributed by atoms with van der Waals surface area (Å²) in [7, 11) is 4.13. The van der Waals surface area contributed by atoms with Gasteiger partial charge in [0.05, 0.1) is 12.3 Å². The Morgan fingerprint density at radius 1 is 1.40 bits per heavy atom. The van der Waals surface area contributed by atoms with Gasteiger partial charge in [0.25, 0.3) is 0 Å². The molecule has 2 heterocycles. The van der Waals surface area contributed by atoms with E-state index < -0.39 is 0 Å². The van der Waals surface area contributed by atoms with Crippen LogP contribution >= 0.6 is 0 Å². The van der Waals surface area contributed by atoms with E-state index in [9.17, 15) is 0 Å². The number of hydrogen-bond donors (Lipinski definition) is 2. The zero-order valence-corrected chi connectivity index (χ0v) is 12.3. The van der Waals surface area contributed by atoms with Crippen LogP contribution in [-0.4, -0.2) is 66.5 Å². The molecule has 2 rings (SSSR count). The summed E-state index contributed by atoms with van der Waals surface area (Å²) in [4.78, 5) is 6.54. The van der Waals surface area contributed by atoms with Gasteiger partial charge in [-0.2, -0.15) is 10.1 Å². The summed E-state index contributed by atoms with van der Waals surface area (Å²) in [6.07, 6.45) is 5.24. The van der Waals surface area contributed by atoms with Crippen molar-refractivity contribution in [3.8, 4) is 0 Å². The number of anilines is 2. The van der Waals surface area contributed by atoms with Crippen LogP contribution < -0.4 is 10.6 Å². The van der Waals surface area contributed by atoms with Crippen LogP contribution in [0.2, 0.25) is 0 Å². The first-order valence-corrected chi connectivity index (χ1v) is 7.18. The van der Waals surface area contributed by atoms with E-state index in [2.05, 4.69) is 44.8 Å². The van der Waals surface area contributed by atoms with E-state index >= 15 is 0 Å². The quantitative estimate of drug-likeness (QED) is 0.683. The first-order chi connectivity index (χ1) is 9.74. The molecule has 1 saturated heterocycles. The van der Waals surface area contributed by atoms with Crippen LogP contribution in [0.5, 0.6) is 0 Å². The minimum Gasteiger partial charge on any atom is -0.376 e. The Labute approximate surface area is 120 Å². The standard InChI is InChI=1S/C13H24N6O/c1-19(2)7-4-6-14-13-17-12(10-16-18-13)15-9-11-5-3-8-20-11/h10-11H,3-9H2,1-2H3,(H2,14,15,17,18). The molecule has 1 aliphatic rings. The number of ether oxygens (including phenoxy) is 1. The summed E-state index contributed by atoms with van der Waals surface area (Å²) >= 11 is 0. The fraction of sp³-hybridized carbons (Fsp3) is 0.769. The molecule has 1 aromatic heterocycles. The number of hydrogen-bond acceptors (Lipinski definition) is 7. The van der Waals surface area contributed by atoms with Gasteiger partial charge >= 0.3 is 0 Å². The van der Waals surface area contributed by atoms with E-state index in [4.69, 9.17) is 4.74 Å². The van der Waals surface area contributed by atoms with Crippen LogP contribution in [0.15, 0.2) is 6.20 Å². The highest BCUT2D eigenvalue weighted by atomic mass is 16.5. The molecule has 1 fully saturated rings. The lowest BCUT2D eigenvalue weighted by Gasteiger charge is -2.12. The Bertz CT molecular complexity index is 394. The third-order valence-corrected chi connectivity index (χ3v) is 3.16. The second-order valence-electron chi connectivity index (χ2n) is 5.26. The Morgan fingerprint density at radius 2 is 2.30 bits per heavy atom. The van der Waals surface area contributed by atoms with Crippen molar-refractivity contribution >= 4 is 11.8 Å². The van der Waals surface area contributed by atoms with Crippen molar-refractivity contribution in [3.63, 3.8) is 0 Å². The molecule has 7 heteroatoms. The molecule has 0 bridgehead atoms. The molecule has 1 aliphatic heterocycles. The molecule has 112 valence electrons. The van der Waals surface area contributed by atoms with Crippen LogP contribution in [0.3, 0.4) is 0 Å². The van der Waals surface area contributed by atoms with Gasteiger partial charge in [0.2, 0.25) is 5.95 Å². The number of aromatic nitrogens is 3. The lowest BCUT2D eigenvalue weighted by molar-refractivity contribution is 0.120. The van der Waals surface area contributed by atoms with E-state index in [0.717, 1.165) is 51.3 Å². The largest absolute Gasteiger partial charge is 0.376 e. The molecule has 1 atom stereocenters. The summed E-state index contributed by atoms with van der Waals surface area (Å²) in [5, 5.41) is 14.4. The van der Waals surface area contributed by atoms with Crippen LogP contribution in [-0.2, 0) is 4.74 Å². The van der Waals surface area contributed by atoms with Gasteiger partial charge in [-0.15, -0.1) is 5.10 Å². The van der Waals surface area contributed by atoms with Gasteiger partial charge in [-0.25, -0.2) is 0 Å². The zero-order chi connectivity index (χ0) is 14.2. The first-order valence-electron chi connectivity index (χ1n) is 7.18. The van der Waals surface area contributed by atoms with Crippen molar-refractivity contribution in [2.75, 3.05) is 51.0 Å². The predicted octanol–water partition coefficient (Wildman–Crippen LogP) is 0.826. The molecular weight excluding hydrogens is 256 g/mol. The van der Waals surface area contributed by atoms with Gasteiger partial charge < -0.3 is 20.3 Å². The van der Waals surface area contributed by atoms with Crippen molar-refractivity contribution in [2.45, 2.75) is 25.4 Å². The molecule has 0 saturated carbocycles. The van der Waals surface area contributed by atoms with Gasteiger partial charge in [0.1, 0.15) is 0 Å². The summed E-state index contributed by atoms with van der Waals surface area (Å²) in [6, 6.07) is 0. The first kappa shape index (κ1) is 14.9. The molecule has 0 spiro atoms. The van der Waals surface area contributed by atoms with Gasteiger partial charge in [-0.05, 0) is 39.9 Å². The van der Waals surface area contributed by atoms with Crippen molar-refractivity contribution in [3.05, 3.63) is 6.20 Å². The normalized spacial score (nSPS) is 18.4. The zero-order valence-electron chi connectivity index (χ0n) is 12.3. The molecule has 0 aromatic carbocycles. The van der Waals surface area contributed by atoms with Gasteiger partial charge in [0, 0.05) is 19.7 Å². The van der Waals surface area contributed by atoms with Crippen LogP contribution in [0.1, 0.15) is 19.3 Å². The third kappa shape index (κ3) is 5.26. The van der Waals surface area contributed by atoms with Crippen molar-refractivity contribution in [1.29, 1.82) is 0 Å². The van der Waals surface area contributed by atoms with Crippen molar-refractivity contribution < 1.29 is 4.74 Å². The Hall–Kier alpha value is -1.47. The SMILES string of the molecule is CN(C)CCCNc1nncc(NCC2CCCO2)n1. The predicted molar refractivity (Wildman–Crippen MR) is 79.0 cm³/mol. The van der Waals surface area contributed by atoms with Gasteiger partial charge in [-0.3, -0.25) is 0 Å². The smallest absolute Gasteiger partial charge is 0.244 e. The number of rotatable bonds is 8. The number of nitrogens with one attached hydrogen (secondary N) is 2. The second-order valence-corrected chi connectivity index (χ2v) is 5.26. The van der Waals surface area contributed by atoms with E-state index in [1.165, 1.54) is 0 Å². The van der Waals surface area contributed by atoms with E-state index in [1.807, 2.05) is 0 Å². The highest BCUT2D eigenvalue weighted by Crippen LogP contribution is 2.12. The Kier molecular flexibility index (Phi) is 5.94. The van der Waals surface area contributed by atoms with Gasteiger partial charge in [-0.1, -0.05) is 0 Å². The maximum Gasteiger partial charge on any atom is 0.244 e. The second kappa shape index (κ2) is 7.96. The minimum absolute atomic E-state index is 0.293. The highest BCUT2D eigenvalue weighted by Gasteiger charge is 2.15. The molecule has 2 N–H and O–H groups in total. The fourth-order valence-electron chi connectivity index (χ4n) is 2.08.